The number of carbonyl (C=O) groups excluding carboxylic acids is 2. The topological polar surface area (TPSA) is 58.6 Å². The van der Waals surface area contributed by atoms with Crippen molar-refractivity contribution >= 4 is 23.1 Å². The van der Waals surface area contributed by atoms with Crippen LogP contribution in [0.1, 0.15) is 34.7 Å². The van der Waals surface area contributed by atoms with Crippen LogP contribution in [-0.4, -0.2) is 23.3 Å². The molecule has 3 aromatic rings. The second-order valence-corrected chi connectivity index (χ2v) is 8.29. The molecule has 5 nitrogen and oxygen atoms in total. The van der Waals surface area contributed by atoms with Gasteiger partial charge in [-0.2, -0.15) is 0 Å². The van der Waals surface area contributed by atoms with Crippen molar-refractivity contribution in [3.05, 3.63) is 100 Å². The van der Waals surface area contributed by atoms with Crippen molar-refractivity contribution < 1.29 is 14.3 Å². The summed E-state index contributed by atoms with van der Waals surface area (Å²) in [5, 5.41) is 3.22. The lowest BCUT2D eigenvalue weighted by atomic mass is 9.99. The summed E-state index contributed by atoms with van der Waals surface area (Å²) in [5.74, 6) is -0.0236. The molecule has 168 valence electrons. The van der Waals surface area contributed by atoms with E-state index in [2.05, 4.69) is 5.32 Å². The Morgan fingerprint density at radius 1 is 0.848 bits per heavy atom. The molecule has 0 saturated carbocycles. The summed E-state index contributed by atoms with van der Waals surface area (Å²) < 4.78 is 5.72. The van der Waals surface area contributed by atoms with E-state index in [1.54, 1.807) is 0 Å². The van der Waals surface area contributed by atoms with Gasteiger partial charge < -0.3 is 10.1 Å². The molecule has 1 N–H and O–H groups in total. The minimum atomic E-state index is -0.347. The Morgan fingerprint density at radius 2 is 1.58 bits per heavy atom. The summed E-state index contributed by atoms with van der Waals surface area (Å²) in [6.07, 6.45) is 0. The zero-order valence-electron chi connectivity index (χ0n) is 19.4. The minimum absolute atomic E-state index is 0.213. The van der Waals surface area contributed by atoms with Crippen molar-refractivity contribution in [2.45, 2.75) is 34.2 Å². The van der Waals surface area contributed by atoms with Crippen LogP contribution in [0.2, 0.25) is 0 Å². The summed E-state index contributed by atoms with van der Waals surface area (Å²) >= 11 is 0. The number of rotatable bonds is 7. The zero-order chi connectivity index (χ0) is 23.5. The highest BCUT2D eigenvalue weighted by Crippen LogP contribution is 2.34. The van der Waals surface area contributed by atoms with Gasteiger partial charge in [-0.05, 0) is 62.1 Å². The maximum Gasteiger partial charge on any atom is 0.278 e. The highest BCUT2D eigenvalue weighted by molar-refractivity contribution is 6.36. The van der Waals surface area contributed by atoms with Crippen molar-refractivity contribution in [2.75, 3.05) is 11.9 Å². The molecule has 0 atom stereocenters. The normalized spacial score (nSPS) is 13.6. The SMILES string of the molecule is CCOc1ccccc1NC1=C(c2ccc(C)c(C)c2)C(=O)N(Cc2ccc(C)cc2)C1=O. The quantitative estimate of drug-likeness (QED) is 0.500. The third-order valence-electron chi connectivity index (χ3n) is 5.87. The first-order valence-electron chi connectivity index (χ1n) is 11.1. The number of hydrogen-bond donors (Lipinski definition) is 1. The Hall–Kier alpha value is -3.86. The summed E-state index contributed by atoms with van der Waals surface area (Å²) in [4.78, 5) is 28.4. The molecule has 1 aliphatic rings. The van der Waals surface area contributed by atoms with Gasteiger partial charge in [-0.3, -0.25) is 14.5 Å². The lowest BCUT2D eigenvalue weighted by molar-refractivity contribution is -0.137. The van der Waals surface area contributed by atoms with Crippen LogP contribution in [0.3, 0.4) is 0 Å². The van der Waals surface area contributed by atoms with Crippen molar-refractivity contribution in [1.82, 2.24) is 4.90 Å². The molecule has 0 aromatic heterocycles. The molecule has 0 aliphatic carbocycles. The largest absolute Gasteiger partial charge is 0.492 e. The number of nitrogens with zero attached hydrogens (tertiary/aromatic N) is 1. The second-order valence-electron chi connectivity index (χ2n) is 8.29. The molecule has 1 heterocycles. The smallest absolute Gasteiger partial charge is 0.278 e. The van der Waals surface area contributed by atoms with Crippen LogP contribution in [0.4, 0.5) is 5.69 Å². The van der Waals surface area contributed by atoms with Gasteiger partial charge in [-0.1, -0.05) is 60.2 Å². The Kier molecular flexibility index (Phi) is 6.31. The highest BCUT2D eigenvalue weighted by Gasteiger charge is 2.39. The Balaban J connectivity index is 1.77. The molecule has 0 radical (unpaired) electrons. The number of hydrogen-bond acceptors (Lipinski definition) is 4. The average molecular weight is 441 g/mol. The van der Waals surface area contributed by atoms with E-state index in [0.29, 0.717) is 23.6 Å². The van der Waals surface area contributed by atoms with E-state index in [0.717, 1.165) is 27.8 Å². The summed E-state index contributed by atoms with van der Waals surface area (Å²) in [7, 11) is 0. The molecule has 2 amide bonds. The summed E-state index contributed by atoms with van der Waals surface area (Å²) in [6, 6.07) is 21.1. The molecule has 0 bridgehead atoms. The van der Waals surface area contributed by atoms with Gasteiger partial charge in [0.2, 0.25) is 0 Å². The number of carbonyl (C=O) groups is 2. The van der Waals surface area contributed by atoms with Gasteiger partial charge >= 0.3 is 0 Å². The fourth-order valence-electron chi connectivity index (χ4n) is 3.86. The molecule has 0 unspecified atom stereocenters. The van der Waals surface area contributed by atoms with Crippen LogP contribution < -0.4 is 10.1 Å². The summed E-state index contributed by atoms with van der Waals surface area (Å²) in [5.41, 5.74) is 6.23. The molecule has 3 aromatic carbocycles. The van der Waals surface area contributed by atoms with E-state index in [4.69, 9.17) is 4.74 Å². The van der Waals surface area contributed by atoms with Crippen LogP contribution in [0, 0.1) is 20.8 Å². The van der Waals surface area contributed by atoms with Gasteiger partial charge in [0, 0.05) is 0 Å². The Labute approximate surface area is 194 Å². The van der Waals surface area contributed by atoms with Gasteiger partial charge in [-0.25, -0.2) is 0 Å². The van der Waals surface area contributed by atoms with Crippen LogP contribution in [-0.2, 0) is 16.1 Å². The maximum atomic E-state index is 13.6. The van der Waals surface area contributed by atoms with Crippen LogP contribution in [0.5, 0.6) is 5.75 Å². The van der Waals surface area contributed by atoms with E-state index in [1.807, 2.05) is 94.4 Å². The van der Waals surface area contributed by atoms with E-state index in [9.17, 15) is 9.59 Å². The predicted octanol–water partition coefficient (Wildman–Crippen LogP) is 5.40. The molecule has 33 heavy (non-hydrogen) atoms. The molecule has 4 rings (SSSR count). The molecular formula is C28H28N2O3. The average Bonchev–Trinajstić information content (AvgIpc) is 3.03. The number of aryl methyl sites for hydroxylation is 3. The second kappa shape index (κ2) is 9.33. The number of amides is 2. The number of imide groups is 1. The van der Waals surface area contributed by atoms with Crippen LogP contribution >= 0.6 is 0 Å². The number of nitrogens with one attached hydrogen (secondary N) is 1. The van der Waals surface area contributed by atoms with Gasteiger partial charge in [-0.15, -0.1) is 0 Å². The number of anilines is 1. The Bertz CT molecular complexity index is 1240. The van der Waals surface area contributed by atoms with Gasteiger partial charge in [0.1, 0.15) is 11.4 Å². The van der Waals surface area contributed by atoms with E-state index < -0.39 is 0 Å². The third kappa shape index (κ3) is 4.53. The standard InChI is InChI=1S/C28H28N2O3/c1-5-33-24-9-7-6-8-23(24)29-26-25(22-15-12-19(3)20(4)16-22)27(31)30(28(26)32)17-21-13-10-18(2)11-14-21/h6-16,29H,5,17H2,1-4H3. The molecule has 0 saturated heterocycles. The molecule has 0 fully saturated rings. The fourth-order valence-corrected chi connectivity index (χ4v) is 3.86. The lowest BCUT2D eigenvalue weighted by Gasteiger charge is -2.16. The number of benzene rings is 3. The first kappa shape index (κ1) is 22.3. The van der Waals surface area contributed by atoms with Crippen molar-refractivity contribution in [1.29, 1.82) is 0 Å². The van der Waals surface area contributed by atoms with E-state index in [1.165, 1.54) is 4.90 Å². The maximum absolute atomic E-state index is 13.6. The van der Waals surface area contributed by atoms with Gasteiger partial charge in [0.25, 0.3) is 11.8 Å². The Morgan fingerprint density at radius 3 is 2.27 bits per heavy atom. The summed E-state index contributed by atoms with van der Waals surface area (Å²) in [6.45, 7) is 8.65. The third-order valence-corrected chi connectivity index (χ3v) is 5.87. The molecule has 0 spiro atoms. The number of ether oxygens (including phenoxy) is 1. The monoisotopic (exact) mass is 440 g/mol. The van der Waals surface area contributed by atoms with Crippen LogP contribution in [0.15, 0.2) is 72.4 Å². The van der Waals surface area contributed by atoms with Crippen molar-refractivity contribution in [3.63, 3.8) is 0 Å². The van der Waals surface area contributed by atoms with Crippen molar-refractivity contribution in [2.24, 2.45) is 0 Å². The molecular weight excluding hydrogens is 412 g/mol. The lowest BCUT2D eigenvalue weighted by Crippen LogP contribution is -2.32. The van der Waals surface area contributed by atoms with Crippen LogP contribution in [0.25, 0.3) is 5.57 Å². The first-order valence-corrected chi connectivity index (χ1v) is 11.1. The van der Waals surface area contributed by atoms with E-state index in [-0.39, 0.29) is 24.1 Å². The fraction of sp³-hybridized carbons (Fsp3) is 0.214. The zero-order valence-corrected chi connectivity index (χ0v) is 19.4. The van der Waals surface area contributed by atoms with E-state index >= 15 is 0 Å². The highest BCUT2D eigenvalue weighted by atomic mass is 16.5. The van der Waals surface area contributed by atoms with Gasteiger partial charge in [0.15, 0.2) is 0 Å². The number of para-hydroxylation sites is 2. The molecule has 5 heteroatoms. The first-order chi connectivity index (χ1) is 15.9. The predicted molar refractivity (Wildman–Crippen MR) is 131 cm³/mol. The van der Waals surface area contributed by atoms with Crippen molar-refractivity contribution in [3.8, 4) is 5.75 Å². The van der Waals surface area contributed by atoms with Gasteiger partial charge in [0.05, 0.1) is 24.4 Å². The minimum Gasteiger partial charge on any atom is -0.492 e. The molecule has 1 aliphatic heterocycles.